The van der Waals surface area contributed by atoms with Crippen LogP contribution in [0.25, 0.3) is 0 Å². The molecule has 5 heteroatoms. The van der Waals surface area contributed by atoms with Gasteiger partial charge >= 0.3 is 0 Å². The fraction of sp³-hybridized carbons (Fsp3) is 0.714. The molecule has 0 radical (unpaired) electrons. The third kappa shape index (κ3) is 3.14. The van der Waals surface area contributed by atoms with E-state index in [1.165, 1.54) is 30.3 Å². The molecule has 1 saturated carbocycles. The molecule has 19 heavy (non-hydrogen) atoms. The summed E-state index contributed by atoms with van der Waals surface area (Å²) in [7, 11) is 0. The zero-order chi connectivity index (χ0) is 14.2. The molecule has 4 nitrogen and oxygen atoms in total. The van der Waals surface area contributed by atoms with Crippen molar-refractivity contribution in [1.29, 1.82) is 0 Å². The lowest BCUT2D eigenvalue weighted by Gasteiger charge is -2.18. The van der Waals surface area contributed by atoms with Crippen LogP contribution in [-0.2, 0) is 4.79 Å². The van der Waals surface area contributed by atoms with E-state index < -0.39 is 0 Å². The van der Waals surface area contributed by atoms with Gasteiger partial charge in [0.2, 0.25) is 5.91 Å². The highest BCUT2D eigenvalue weighted by Gasteiger charge is 2.31. The van der Waals surface area contributed by atoms with Crippen LogP contribution in [0.15, 0.2) is 11.4 Å². The van der Waals surface area contributed by atoms with E-state index in [1.807, 2.05) is 20.0 Å². The largest absolute Gasteiger partial charge is 0.369 e. The maximum Gasteiger partial charge on any atom is 0.231 e. The number of carbonyl (C=O) groups is 1. The average Bonchev–Trinajstić information content (AvgIpc) is 3.05. The van der Waals surface area contributed by atoms with Crippen LogP contribution in [0.3, 0.4) is 0 Å². The monoisotopic (exact) mass is 281 g/mol. The van der Waals surface area contributed by atoms with Crippen molar-refractivity contribution >= 4 is 17.7 Å². The smallest absolute Gasteiger partial charge is 0.231 e. The van der Waals surface area contributed by atoms with Crippen LogP contribution in [0.1, 0.15) is 58.2 Å². The summed E-state index contributed by atoms with van der Waals surface area (Å²) in [6, 6.07) is 0.572. The van der Waals surface area contributed by atoms with Crippen LogP contribution in [0, 0.1) is 5.92 Å². The molecule has 1 heterocycles. The minimum absolute atomic E-state index is 0.208. The first kappa shape index (κ1) is 14.4. The van der Waals surface area contributed by atoms with E-state index in [0.29, 0.717) is 12.0 Å². The molecule has 0 aliphatic heterocycles. The van der Waals surface area contributed by atoms with Gasteiger partial charge in [-0.25, -0.2) is 4.98 Å². The lowest BCUT2D eigenvalue weighted by atomic mass is 10.1. The number of hydrogen-bond acceptors (Lipinski definition) is 3. The van der Waals surface area contributed by atoms with Gasteiger partial charge < -0.3 is 10.3 Å². The van der Waals surface area contributed by atoms with Gasteiger partial charge in [-0.1, -0.05) is 39.5 Å². The Hall–Kier alpha value is -0.970. The first-order chi connectivity index (χ1) is 8.91. The summed E-state index contributed by atoms with van der Waals surface area (Å²) in [5.74, 6) is 0.416. The SMILES string of the molecule is CC(C)c1cnc(S[C@@H](C(N)=O)C(C)C)n1C1CC1. The number of carbonyl (C=O) groups excluding carboxylic acids is 1. The number of nitrogens with zero attached hydrogens (tertiary/aromatic N) is 2. The maximum atomic E-state index is 11.5. The molecule has 2 N–H and O–H groups in total. The first-order valence-corrected chi connectivity index (χ1v) is 7.82. The first-order valence-electron chi connectivity index (χ1n) is 6.95. The zero-order valence-corrected chi connectivity index (χ0v) is 12.9. The van der Waals surface area contributed by atoms with E-state index in [-0.39, 0.29) is 17.1 Å². The summed E-state index contributed by atoms with van der Waals surface area (Å²) in [6.45, 7) is 8.41. The highest BCUT2D eigenvalue weighted by Crippen LogP contribution is 2.42. The molecule has 0 aromatic carbocycles. The van der Waals surface area contributed by atoms with Gasteiger partial charge in [-0.3, -0.25) is 4.79 Å². The van der Waals surface area contributed by atoms with Crippen LogP contribution >= 0.6 is 11.8 Å². The number of amides is 1. The molecule has 1 aliphatic carbocycles. The van der Waals surface area contributed by atoms with E-state index >= 15 is 0 Å². The van der Waals surface area contributed by atoms with Crippen molar-refractivity contribution in [2.24, 2.45) is 11.7 Å². The molecule has 0 bridgehead atoms. The van der Waals surface area contributed by atoms with Gasteiger partial charge in [-0.05, 0) is 24.7 Å². The second-order valence-corrected chi connectivity index (χ2v) is 7.02. The van der Waals surface area contributed by atoms with Crippen LogP contribution < -0.4 is 5.73 Å². The fourth-order valence-corrected chi connectivity index (χ4v) is 3.30. The van der Waals surface area contributed by atoms with Gasteiger partial charge in [0.15, 0.2) is 5.16 Å². The van der Waals surface area contributed by atoms with E-state index in [9.17, 15) is 4.79 Å². The van der Waals surface area contributed by atoms with Gasteiger partial charge in [-0.15, -0.1) is 0 Å². The predicted octanol–water partition coefficient (Wildman–Crippen LogP) is 2.94. The van der Waals surface area contributed by atoms with Gasteiger partial charge in [0.1, 0.15) is 0 Å². The molecule has 1 aliphatic rings. The normalized spacial score (nSPS) is 17.2. The number of aromatic nitrogens is 2. The molecule has 1 amide bonds. The van der Waals surface area contributed by atoms with Crippen LogP contribution in [0.2, 0.25) is 0 Å². The topological polar surface area (TPSA) is 60.9 Å². The lowest BCUT2D eigenvalue weighted by molar-refractivity contribution is -0.118. The van der Waals surface area contributed by atoms with Crippen molar-refractivity contribution in [3.05, 3.63) is 11.9 Å². The van der Waals surface area contributed by atoms with E-state index in [1.54, 1.807) is 0 Å². The van der Waals surface area contributed by atoms with Crippen LogP contribution in [0.4, 0.5) is 0 Å². The molecule has 1 atom stereocenters. The number of primary amides is 1. The van der Waals surface area contributed by atoms with Gasteiger partial charge in [0, 0.05) is 17.9 Å². The Morgan fingerprint density at radius 3 is 2.47 bits per heavy atom. The molecule has 1 fully saturated rings. The number of rotatable bonds is 6. The van der Waals surface area contributed by atoms with Gasteiger partial charge in [-0.2, -0.15) is 0 Å². The number of nitrogens with two attached hydrogens (primary N) is 1. The van der Waals surface area contributed by atoms with Crippen molar-refractivity contribution in [2.75, 3.05) is 0 Å². The van der Waals surface area contributed by atoms with Crippen molar-refractivity contribution in [2.45, 2.75) is 62.9 Å². The predicted molar refractivity (Wildman–Crippen MR) is 78.3 cm³/mol. The molecule has 1 aromatic rings. The summed E-state index contributed by atoms with van der Waals surface area (Å²) >= 11 is 1.52. The molecule has 2 rings (SSSR count). The molecule has 0 unspecified atom stereocenters. The Morgan fingerprint density at radius 1 is 1.42 bits per heavy atom. The average molecular weight is 281 g/mol. The minimum Gasteiger partial charge on any atom is -0.369 e. The quantitative estimate of drug-likeness (QED) is 0.815. The van der Waals surface area contributed by atoms with Crippen molar-refractivity contribution in [1.82, 2.24) is 9.55 Å². The van der Waals surface area contributed by atoms with Crippen LogP contribution in [0.5, 0.6) is 0 Å². The second kappa shape index (κ2) is 5.57. The summed E-state index contributed by atoms with van der Waals surface area (Å²) in [5.41, 5.74) is 6.76. The van der Waals surface area contributed by atoms with Crippen molar-refractivity contribution in [3.8, 4) is 0 Å². The number of hydrogen-bond donors (Lipinski definition) is 1. The van der Waals surface area contributed by atoms with Crippen LogP contribution in [-0.4, -0.2) is 20.7 Å². The minimum atomic E-state index is -0.253. The van der Waals surface area contributed by atoms with Gasteiger partial charge in [0.25, 0.3) is 0 Å². The molecule has 0 saturated heterocycles. The second-order valence-electron chi connectivity index (χ2n) is 5.91. The Kier molecular flexibility index (Phi) is 4.23. The summed E-state index contributed by atoms with van der Waals surface area (Å²) in [6.07, 6.45) is 4.38. The highest BCUT2D eigenvalue weighted by atomic mass is 32.2. The Labute approximate surface area is 119 Å². The Balaban J connectivity index is 2.27. The third-order valence-corrected chi connectivity index (χ3v) is 4.96. The summed E-state index contributed by atoms with van der Waals surface area (Å²) in [4.78, 5) is 16.1. The lowest BCUT2D eigenvalue weighted by Crippen LogP contribution is -2.30. The fourth-order valence-electron chi connectivity index (χ4n) is 2.21. The van der Waals surface area contributed by atoms with E-state index in [0.717, 1.165) is 5.16 Å². The third-order valence-electron chi connectivity index (χ3n) is 3.41. The van der Waals surface area contributed by atoms with E-state index in [2.05, 4.69) is 23.4 Å². The molecule has 106 valence electrons. The standard InChI is InChI=1S/C14H23N3OS/c1-8(2)11-7-16-14(17(11)10-5-6-10)19-12(9(3)4)13(15)18/h7-10,12H,5-6H2,1-4H3,(H2,15,18)/t12-/m1/s1. The highest BCUT2D eigenvalue weighted by molar-refractivity contribution is 8.00. The summed E-state index contributed by atoms with van der Waals surface area (Å²) in [5, 5.41) is 0.739. The Morgan fingerprint density at radius 2 is 2.05 bits per heavy atom. The molecular weight excluding hydrogens is 258 g/mol. The van der Waals surface area contributed by atoms with Crippen molar-refractivity contribution in [3.63, 3.8) is 0 Å². The Bertz CT molecular complexity index is 463. The molecular formula is C14H23N3OS. The maximum absolute atomic E-state index is 11.5. The van der Waals surface area contributed by atoms with E-state index in [4.69, 9.17) is 5.73 Å². The molecule has 0 spiro atoms. The summed E-state index contributed by atoms with van der Waals surface area (Å²) < 4.78 is 2.31. The number of imidazole rings is 1. The zero-order valence-electron chi connectivity index (χ0n) is 12.1. The van der Waals surface area contributed by atoms with Crippen molar-refractivity contribution < 1.29 is 4.79 Å². The van der Waals surface area contributed by atoms with Gasteiger partial charge in [0.05, 0.1) is 5.25 Å². The molecule has 1 aromatic heterocycles. The number of thioether (sulfide) groups is 1.